The first-order chi connectivity index (χ1) is 16.9. The number of hydrogen-bond donors (Lipinski definition) is 3. The molecule has 4 N–H and O–H groups in total. The smallest absolute Gasteiger partial charge is 1.00 e. The molecule has 0 radical (unpaired) electrons. The number of rotatable bonds is 9. The zero-order chi connectivity index (χ0) is 24.9. The molecule has 0 aliphatic rings. The number of nitrogens with two attached hydrogens (primary N) is 1. The molecule has 0 fully saturated rings. The summed E-state index contributed by atoms with van der Waals surface area (Å²) in [4.78, 5) is 36.7. The number of aryl methyl sites for hydroxylation is 1. The van der Waals surface area contributed by atoms with Crippen molar-refractivity contribution < 1.29 is 120 Å². The molecular formula is C25H26K2N6O4. The van der Waals surface area contributed by atoms with Gasteiger partial charge in [0.1, 0.15) is 0 Å². The van der Waals surface area contributed by atoms with Crippen molar-refractivity contribution in [3.8, 4) is 22.5 Å². The van der Waals surface area contributed by atoms with Crippen molar-refractivity contribution >= 4 is 11.9 Å². The summed E-state index contributed by atoms with van der Waals surface area (Å²) in [6.07, 6.45) is 2.26. The van der Waals surface area contributed by atoms with Gasteiger partial charge in [-0.1, -0.05) is 49.7 Å². The minimum absolute atomic E-state index is 0. The van der Waals surface area contributed by atoms with Crippen LogP contribution in [0.3, 0.4) is 0 Å². The van der Waals surface area contributed by atoms with Gasteiger partial charge in [0.05, 0.1) is 12.1 Å². The molecule has 12 heteroatoms. The van der Waals surface area contributed by atoms with Gasteiger partial charge in [0.25, 0.3) is 5.56 Å². The van der Waals surface area contributed by atoms with Crippen LogP contribution in [0.1, 0.15) is 54.6 Å². The number of carboxylic acid groups (broad SMARTS) is 1. The quantitative estimate of drug-likeness (QED) is 0.188. The fourth-order valence-corrected chi connectivity index (χ4v) is 4.02. The number of aromatic carboxylic acids is 1. The number of carboxylic acids is 1. The molecule has 2 aromatic carbocycles. The van der Waals surface area contributed by atoms with Gasteiger partial charge in [-0.2, -0.15) is 5.21 Å². The number of unbranched alkanes of at least 4 members (excludes halogenated alkanes) is 1. The van der Waals surface area contributed by atoms with E-state index in [1.165, 1.54) is 10.6 Å². The summed E-state index contributed by atoms with van der Waals surface area (Å²) < 4.78 is 1.54. The zero-order valence-electron chi connectivity index (χ0n) is 23.1. The Morgan fingerprint density at radius 2 is 1.78 bits per heavy atom. The number of carbonyl (C=O) groups excluding carboxylic acids is 1. The van der Waals surface area contributed by atoms with E-state index in [1.54, 1.807) is 12.1 Å². The van der Waals surface area contributed by atoms with E-state index in [0.717, 1.165) is 18.9 Å². The van der Waals surface area contributed by atoms with Gasteiger partial charge in [0, 0.05) is 22.9 Å². The SMILES string of the molecule is CCCCc1cc(C(=O)O)cc(=O)n1Cc1ccc(-c2ccccc2-c2nn[nH]n2)c(C(N)=O)c1.[H-].[H-].[K+].[K+]. The molecule has 2 heterocycles. The van der Waals surface area contributed by atoms with Crippen LogP contribution in [-0.2, 0) is 13.0 Å². The molecule has 4 rings (SSSR count). The number of aromatic amines is 1. The van der Waals surface area contributed by atoms with Crippen LogP contribution in [0, 0.1) is 0 Å². The second-order valence-electron chi connectivity index (χ2n) is 8.09. The second kappa shape index (κ2) is 14.7. The number of pyridine rings is 1. The summed E-state index contributed by atoms with van der Waals surface area (Å²) >= 11 is 0. The van der Waals surface area contributed by atoms with Gasteiger partial charge < -0.3 is 18.3 Å². The first kappa shape index (κ1) is 31.9. The Balaban J connectivity index is 0.00000361. The normalized spacial score (nSPS) is 10.3. The van der Waals surface area contributed by atoms with Gasteiger partial charge in [-0.25, -0.2) is 4.79 Å². The van der Waals surface area contributed by atoms with Gasteiger partial charge in [0.15, 0.2) is 0 Å². The minimum atomic E-state index is -1.15. The Bertz CT molecular complexity index is 1470. The molecular weight excluding hydrogens is 527 g/mol. The first-order valence-corrected chi connectivity index (χ1v) is 11.1. The maximum atomic E-state index is 12.8. The van der Waals surface area contributed by atoms with Crippen LogP contribution < -0.4 is 114 Å². The van der Waals surface area contributed by atoms with E-state index < -0.39 is 17.4 Å². The van der Waals surface area contributed by atoms with Gasteiger partial charge in [-0.15, -0.1) is 10.2 Å². The van der Waals surface area contributed by atoms with Crippen molar-refractivity contribution in [2.45, 2.75) is 32.7 Å². The number of primary amides is 1. The molecule has 0 aliphatic heterocycles. The summed E-state index contributed by atoms with van der Waals surface area (Å²) in [6, 6.07) is 15.2. The number of nitrogens with one attached hydrogen (secondary N) is 1. The van der Waals surface area contributed by atoms with E-state index >= 15 is 0 Å². The topological polar surface area (TPSA) is 157 Å². The fourth-order valence-electron chi connectivity index (χ4n) is 4.02. The number of carbonyl (C=O) groups is 2. The third-order valence-corrected chi connectivity index (χ3v) is 5.74. The first-order valence-electron chi connectivity index (χ1n) is 11.1. The molecule has 1 amide bonds. The van der Waals surface area contributed by atoms with E-state index in [0.29, 0.717) is 40.2 Å². The molecule has 0 saturated carbocycles. The van der Waals surface area contributed by atoms with Gasteiger partial charge in [0.2, 0.25) is 11.7 Å². The van der Waals surface area contributed by atoms with Gasteiger partial charge in [-0.3, -0.25) is 9.59 Å². The van der Waals surface area contributed by atoms with Crippen molar-refractivity contribution in [1.82, 2.24) is 25.2 Å². The Labute approximate surface area is 301 Å². The van der Waals surface area contributed by atoms with Crippen molar-refractivity contribution in [3.63, 3.8) is 0 Å². The Kier molecular flexibility index (Phi) is 12.7. The summed E-state index contributed by atoms with van der Waals surface area (Å²) in [7, 11) is 0. The molecule has 0 bridgehead atoms. The molecule has 2 aromatic heterocycles. The minimum Gasteiger partial charge on any atom is -1.00 e. The van der Waals surface area contributed by atoms with E-state index in [9.17, 15) is 19.5 Å². The maximum Gasteiger partial charge on any atom is 1.00 e. The summed E-state index contributed by atoms with van der Waals surface area (Å²) in [5.74, 6) is -1.39. The standard InChI is InChI=1S/C25H24N6O4.2K.2H/c1-2-3-6-17-12-16(25(34)35)13-22(32)31(17)14-15-9-10-19(21(11-15)23(26)33)18-7-4-5-8-20(18)24-27-29-30-28-24;;;;/h4-5,7-13H,2-3,6,14H2,1H3,(H2,26,33)(H,34,35)(H,27,28,29,30);;;;/q;2*+1;2*-1. The molecule has 10 nitrogen and oxygen atoms in total. The molecule has 0 spiro atoms. The van der Waals surface area contributed by atoms with Crippen molar-refractivity contribution in [3.05, 3.63) is 87.3 Å². The van der Waals surface area contributed by atoms with Crippen LogP contribution in [0.5, 0.6) is 0 Å². The van der Waals surface area contributed by atoms with Crippen LogP contribution in [0.25, 0.3) is 22.5 Å². The van der Waals surface area contributed by atoms with Crippen molar-refractivity contribution in [2.75, 3.05) is 0 Å². The summed E-state index contributed by atoms with van der Waals surface area (Å²) in [5, 5.41) is 23.5. The van der Waals surface area contributed by atoms with Crippen LogP contribution in [-0.4, -0.2) is 42.2 Å². The zero-order valence-corrected chi connectivity index (χ0v) is 27.3. The average molecular weight is 553 g/mol. The van der Waals surface area contributed by atoms with E-state index in [1.807, 2.05) is 37.3 Å². The third-order valence-electron chi connectivity index (χ3n) is 5.74. The third kappa shape index (κ3) is 7.62. The Hall–Kier alpha value is -1.33. The predicted molar refractivity (Wildman–Crippen MR) is 131 cm³/mol. The van der Waals surface area contributed by atoms with Crippen molar-refractivity contribution in [2.24, 2.45) is 5.73 Å². The summed E-state index contributed by atoms with van der Waals surface area (Å²) in [5.41, 5.74) is 8.87. The van der Waals surface area contributed by atoms with E-state index in [2.05, 4.69) is 20.6 Å². The largest absolute Gasteiger partial charge is 1.00 e. The van der Waals surface area contributed by atoms with Crippen LogP contribution in [0.4, 0.5) is 0 Å². The molecule has 0 atom stereocenters. The number of aromatic nitrogens is 5. The summed E-state index contributed by atoms with van der Waals surface area (Å²) in [6.45, 7) is 2.19. The number of nitrogens with zero attached hydrogens (tertiary/aromatic N) is 4. The Morgan fingerprint density at radius 1 is 1.05 bits per heavy atom. The molecule has 4 aromatic rings. The van der Waals surface area contributed by atoms with E-state index in [-0.39, 0.29) is 123 Å². The molecule has 0 unspecified atom stereocenters. The molecule has 37 heavy (non-hydrogen) atoms. The predicted octanol–water partition coefficient (Wildman–Crippen LogP) is -2.88. The number of amides is 1. The Morgan fingerprint density at radius 3 is 2.41 bits per heavy atom. The van der Waals surface area contributed by atoms with Crippen molar-refractivity contribution in [1.29, 1.82) is 0 Å². The monoisotopic (exact) mass is 552 g/mol. The fraction of sp³-hybridized carbons (Fsp3) is 0.200. The molecule has 0 saturated heterocycles. The maximum absolute atomic E-state index is 12.8. The number of tetrazole rings is 1. The average Bonchev–Trinajstić information content (AvgIpc) is 3.39. The number of hydrogen-bond acceptors (Lipinski definition) is 6. The van der Waals surface area contributed by atoms with Crippen LogP contribution in [0.15, 0.2) is 59.4 Å². The molecule has 182 valence electrons. The number of benzene rings is 2. The van der Waals surface area contributed by atoms with Gasteiger partial charge >= 0.3 is 109 Å². The van der Waals surface area contributed by atoms with E-state index in [4.69, 9.17) is 5.73 Å². The number of H-pyrrole nitrogens is 1. The molecule has 0 aliphatic carbocycles. The van der Waals surface area contributed by atoms with Crippen LogP contribution >= 0.6 is 0 Å². The van der Waals surface area contributed by atoms with Gasteiger partial charge in [-0.05, 0) is 46.9 Å². The van der Waals surface area contributed by atoms with Crippen LogP contribution in [0.2, 0.25) is 0 Å². The second-order valence-corrected chi connectivity index (χ2v) is 8.09.